The van der Waals surface area contributed by atoms with Crippen LogP contribution in [0.25, 0.3) is 27.8 Å². The molecule has 1 aliphatic heterocycles. The molecule has 148 valence electrons. The largest absolute Gasteiger partial charge is 0.335 e. The van der Waals surface area contributed by atoms with E-state index in [2.05, 4.69) is 114 Å². The first-order valence-corrected chi connectivity index (χ1v) is 11.4. The predicted molar refractivity (Wildman–Crippen MR) is 130 cm³/mol. The van der Waals surface area contributed by atoms with Crippen LogP contribution in [0.15, 0.2) is 94.9 Å². The molecule has 0 saturated heterocycles. The lowest BCUT2D eigenvalue weighted by Crippen LogP contribution is -2.36. The van der Waals surface area contributed by atoms with Crippen molar-refractivity contribution in [3.63, 3.8) is 0 Å². The number of allylic oxidation sites excluding steroid dienone is 2. The fourth-order valence-corrected chi connectivity index (χ4v) is 5.56. The topological polar surface area (TPSA) is 7.12 Å². The van der Waals surface area contributed by atoms with Crippen LogP contribution >= 0.6 is 11.8 Å². The molecule has 2 nitrogen and oxygen atoms in total. The predicted octanol–water partition coefficient (Wildman–Crippen LogP) is 6.79. The van der Waals surface area contributed by atoms with Crippen LogP contribution in [0.3, 0.4) is 0 Å². The Bertz CT molecular complexity index is 1300. The van der Waals surface area contributed by atoms with Crippen LogP contribution < -0.4 is 9.47 Å². The van der Waals surface area contributed by atoms with E-state index in [4.69, 9.17) is 0 Å². The molecule has 0 spiro atoms. The lowest BCUT2D eigenvalue weighted by molar-refractivity contribution is -0.669. The molecule has 3 aromatic carbocycles. The molecule has 30 heavy (non-hydrogen) atoms. The second-order valence-corrected chi connectivity index (χ2v) is 8.44. The number of pyridine rings is 1. The molecular formula is C27H25N2S+. The van der Waals surface area contributed by atoms with Gasteiger partial charge in [0.15, 0.2) is 0 Å². The molecule has 1 aromatic heterocycles. The van der Waals surface area contributed by atoms with E-state index >= 15 is 0 Å². The van der Waals surface area contributed by atoms with E-state index in [0.29, 0.717) is 0 Å². The minimum absolute atomic E-state index is 0.949. The highest BCUT2D eigenvalue weighted by Crippen LogP contribution is 2.49. The van der Waals surface area contributed by atoms with Crippen molar-refractivity contribution in [3.05, 3.63) is 95.7 Å². The molecule has 1 aliphatic rings. The number of para-hydroxylation sites is 1. The summed E-state index contributed by atoms with van der Waals surface area (Å²) in [6, 6.07) is 26.1. The SMILES string of the molecule is CCN1C(=CC=Cc2ccc3ccccc3[n+]2CC)Sc2c1ccc1ccccc21. The van der Waals surface area contributed by atoms with Gasteiger partial charge in [0, 0.05) is 35.0 Å². The van der Waals surface area contributed by atoms with Gasteiger partial charge in [0.25, 0.3) is 0 Å². The number of benzene rings is 3. The van der Waals surface area contributed by atoms with Crippen LogP contribution in [0, 0.1) is 0 Å². The second-order valence-electron chi connectivity index (χ2n) is 7.41. The molecule has 0 unspecified atom stereocenters. The minimum Gasteiger partial charge on any atom is -0.335 e. The Morgan fingerprint density at radius 2 is 1.63 bits per heavy atom. The average molecular weight is 410 g/mol. The van der Waals surface area contributed by atoms with Gasteiger partial charge < -0.3 is 4.90 Å². The Kier molecular flexibility index (Phi) is 5.06. The summed E-state index contributed by atoms with van der Waals surface area (Å²) in [7, 11) is 0. The molecule has 3 heteroatoms. The quantitative estimate of drug-likeness (QED) is 0.343. The van der Waals surface area contributed by atoms with Crippen molar-refractivity contribution < 1.29 is 4.57 Å². The fourth-order valence-electron chi connectivity index (χ4n) is 4.29. The summed E-state index contributed by atoms with van der Waals surface area (Å²) in [6.07, 6.45) is 6.66. The Morgan fingerprint density at radius 3 is 2.47 bits per heavy atom. The van der Waals surface area contributed by atoms with Gasteiger partial charge in [-0.3, -0.25) is 0 Å². The summed E-state index contributed by atoms with van der Waals surface area (Å²) in [5.41, 5.74) is 3.82. The molecule has 0 atom stereocenters. The average Bonchev–Trinajstić information content (AvgIpc) is 3.16. The first-order valence-electron chi connectivity index (χ1n) is 10.6. The molecule has 0 saturated carbocycles. The summed E-state index contributed by atoms with van der Waals surface area (Å²) in [5.74, 6) is 0. The zero-order chi connectivity index (χ0) is 20.5. The second kappa shape index (κ2) is 8.00. The number of thioether (sulfide) groups is 1. The highest BCUT2D eigenvalue weighted by atomic mass is 32.2. The van der Waals surface area contributed by atoms with Crippen molar-refractivity contribution in [2.24, 2.45) is 0 Å². The summed E-state index contributed by atoms with van der Waals surface area (Å²) in [4.78, 5) is 3.77. The fraction of sp³-hybridized carbons (Fsp3) is 0.148. The highest BCUT2D eigenvalue weighted by Gasteiger charge is 2.25. The van der Waals surface area contributed by atoms with Crippen molar-refractivity contribution in [1.82, 2.24) is 0 Å². The van der Waals surface area contributed by atoms with E-state index in [1.807, 2.05) is 11.8 Å². The first-order chi connectivity index (χ1) is 14.8. The van der Waals surface area contributed by atoms with Gasteiger partial charge in [0.1, 0.15) is 6.54 Å². The van der Waals surface area contributed by atoms with E-state index in [0.717, 1.165) is 13.1 Å². The third-order valence-corrected chi connectivity index (χ3v) is 6.93. The molecule has 5 rings (SSSR count). The molecule has 0 bridgehead atoms. The van der Waals surface area contributed by atoms with Gasteiger partial charge in [-0.15, -0.1) is 0 Å². The summed E-state index contributed by atoms with van der Waals surface area (Å²) < 4.78 is 2.37. The van der Waals surface area contributed by atoms with Gasteiger partial charge >= 0.3 is 0 Å². The first kappa shape index (κ1) is 19.0. The van der Waals surface area contributed by atoms with E-state index in [1.54, 1.807) is 0 Å². The van der Waals surface area contributed by atoms with Crippen molar-refractivity contribution >= 4 is 45.2 Å². The maximum absolute atomic E-state index is 2.41. The Hall–Kier alpha value is -3.04. The number of aromatic nitrogens is 1. The van der Waals surface area contributed by atoms with E-state index in [9.17, 15) is 0 Å². The summed E-state index contributed by atoms with van der Waals surface area (Å²) >= 11 is 1.87. The van der Waals surface area contributed by atoms with Crippen LogP contribution in [-0.2, 0) is 6.54 Å². The van der Waals surface area contributed by atoms with Crippen molar-refractivity contribution in [1.29, 1.82) is 0 Å². The van der Waals surface area contributed by atoms with Crippen LogP contribution in [0.5, 0.6) is 0 Å². The number of fused-ring (bicyclic) bond motifs is 4. The molecule has 2 heterocycles. The molecule has 4 aromatic rings. The highest BCUT2D eigenvalue weighted by molar-refractivity contribution is 8.04. The summed E-state index contributed by atoms with van der Waals surface area (Å²) in [6.45, 7) is 6.33. The van der Waals surface area contributed by atoms with Crippen LogP contribution in [0.2, 0.25) is 0 Å². The molecule has 0 N–H and O–H groups in total. The molecule has 0 aliphatic carbocycles. The Balaban J connectivity index is 1.50. The molecular weight excluding hydrogens is 384 g/mol. The number of hydrogen-bond acceptors (Lipinski definition) is 2. The van der Waals surface area contributed by atoms with Crippen molar-refractivity contribution in [3.8, 4) is 0 Å². The van der Waals surface area contributed by atoms with Gasteiger partial charge in [-0.2, -0.15) is 4.57 Å². The monoisotopic (exact) mass is 409 g/mol. The third-order valence-electron chi connectivity index (χ3n) is 5.73. The number of rotatable bonds is 4. The molecule has 0 fully saturated rings. The van der Waals surface area contributed by atoms with Crippen LogP contribution in [-0.4, -0.2) is 6.54 Å². The number of anilines is 1. The zero-order valence-electron chi connectivity index (χ0n) is 17.4. The standard InChI is InChI=1S/C27H25N2S/c1-3-28-22(18-16-21-11-6-8-14-24(21)28)12-9-15-26-29(4-2)25-19-17-20-10-5-7-13-23(20)27(25)30-26/h5-19H,3-4H2,1-2H3/q+1. The lowest BCUT2D eigenvalue weighted by Gasteiger charge is -2.17. The van der Waals surface area contributed by atoms with Gasteiger partial charge in [-0.1, -0.05) is 60.3 Å². The zero-order valence-corrected chi connectivity index (χ0v) is 18.2. The van der Waals surface area contributed by atoms with Crippen molar-refractivity contribution in [2.75, 3.05) is 11.4 Å². The van der Waals surface area contributed by atoms with Gasteiger partial charge in [0.2, 0.25) is 11.2 Å². The number of aryl methyl sites for hydroxylation is 1. The third kappa shape index (κ3) is 3.20. The number of nitrogens with zero attached hydrogens (tertiary/aromatic N) is 2. The Labute approximate surface area is 182 Å². The van der Waals surface area contributed by atoms with Crippen LogP contribution in [0.1, 0.15) is 19.5 Å². The van der Waals surface area contributed by atoms with Crippen LogP contribution in [0.4, 0.5) is 5.69 Å². The van der Waals surface area contributed by atoms with Crippen molar-refractivity contribution in [2.45, 2.75) is 25.3 Å². The maximum atomic E-state index is 2.41. The molecule has 0 radical (unpaired) electrons. The normalized spacial score (nSPS) is 15.0. The van der Waals surface area contributed by atoms with E-state index < -0.39 is 0 Å². The van der Waals surface area contributed by atoms with Gasteiger partial charge in [0.05, 0.1) is 10.7 Å². The van der Waals surface area contributed by atoms with Gasteiger partial charge in [-0.25, -0.2) is 0 Å². The smallest absolute Gasteiger partial charge is 0.212 e. The molecule has 0 amide bonds. The number of hydrogen-bond donors (Lipinski definition) is 0. The van der Waals surface area contributed by atoms with Gasteiger partial charge in [-0.05, 0) is 48.9 Å². The summed E-state index contributed by atoms with van der Waals surface area (Å²) in [5, 5.41) is 5.20. The lowest BCUT2D eigenvalue weighted by atomic mass is 10.1. The van der Waals surface area contributed by atoms with E-state index in [1.165, 1.54) is 43.0 Å². The minimum atomic E-state index is 0.949. The van der Waals surface area contributed by atoms with E-state index in [-0.39, 0.29) is 0 Å². The Morgan fingerprint density at radius 1 is 0.867 bits per heavy atom. The maximum Gasteiger partial charge on any atom is 0.212 e.